The summed E-state index contributed by atoms with van der Waals surface area (Å²) in [6, 6.07) is 9.40. The summed E-state index contributed by atoms with van der Waals surface area (Å²) in [5.74, 6) is 0.731. The van der Waals surface area contributed by atoms with E-state index in [9.17, 15) is 0 Å². The van der Waals surface area contributed by atoms with E-state index < -0.39 is 0 Å². The van der Waals surface area contributed by atoms with Crippen LogP contribution >= 0.6 is 0 Å². The molecule has 0 saturated carbocycles. The number of ether oxygens (including phenoxy) is 3. The summed E-state index contributed by atoms with van der Waals surface area (Å²) in [4.78, 5) is 0. The molecule has 3 heteroatoms. The molecule has 0 amide bonds. The topological polar surface area (TPSA) is 27.7 Å². The molecule has 1 aromatic carbocycles. The first-order valence-corrected chi connectivity index (χ1v) is 3.80. The Kier molecular flexibility index (Phi) is 2.25. The Hall–Kier alpha value is -1.06. The molecule has 12 heavy (non-hydrogen) atoms. The summed E-state index contributed by atoms with van der Waals surface area (Å²) >= 11 is 0. The lowest BCUT2D eigenvalue weighted by molar-refractivity contribution is -0.0606. The van der Waals surface area contributed by atoms with Crippen molar-refractivity contribution in [2.45, 2.75) is 0 Å². The molecule has 1 aliphatic heterocycles. The minimum absolute atomic E-state index is 0.251. The van der Waals surface area contributed by atoms with Crippen LogP contribution in [-0.4, -0.2) is 13.2 Å². The van der Waals surface area contributed by atoms with Crippen LogP contribution in [-0.2, 0) is 9.47 Å². The molecule has 1 aliphatic rings. The van der Waals surface area contributed by atoms with E-state index in [-0.39, 0.29) is 6.48 Å². The van der Waals surface area contributed by atoms with Gasteiger partial charge in [0.05, 0.1) is 13.2 Å². The van der Waals surface area contributed by atoms with Crippen molar-refractivity contribution in [2.75, 3.05) is 13.2 Å². The molecule has 2 rings (SSSR count). The molecule has 0 aliphatic carbocycles. The molecule has 1 fully saturated rings. The van der Waals surface area contributed by atoms with Gasteiger partial charge < -0.3 is 14.2 Å². The number of hydrogen-bond acceptors (Lipinski definition) is 3. The fraction of sp³-hybridized carbons (Fsp3) is 0.222. The predicted octanol–water partition coefficient (Wildman–Crippen LogP) is 1.56. The van der Waals surface area contributed by atoms with Crippen molar-refractivity contribution >= 4 is 0 Å². The minimum atomic E-state index is 0.251. The van der Waals surface area contributed by atoms with E-state index in [2.05, 4.69) is 0 Å². The van der Waals surface area contributed by atoms with Gasteiger partial charge in [-0.15, -0.1) is 0 Å². The van der Waals surface area contributed by atoms with Gasteiger partial charge >= 0.3 is 6.48 Å². The average Bonchev–Trinajstić information content (AvgIpc) is 2.59. The second-order valence-corrected chi connectivity index (χ2v) is 2.36. The van der Waals surface area contributed by atoms with E-state index in [1.165, 1.54) is 0 Å². The smallest absolute Gasteiger partial charge is 0.428 e. The van der Waals surface area contributed by atoms with Crippen molar-refractivity contribution in [3.05, 3.63) is 36.8 Å². The van der Waals surface area contributed by atoms with Crippen molar-refractivity contribution < 1.29 is 14.2 Å². The van der Waals surface area contributed by atoms with Crippen LogP contribution < -0.4 is 4.74 Å². The molecule has 63 valence electrons. The Labute approximate surface area is 70.9 Å². The van der Waals surface area contributed by atoms with E-state index in [0.717, 1.165) is 5.75 Å². The van der Waals surface area contributed by atoms with Crippen LogP contribution in [0.2, 0.25) is 0 Å². The van der Waals surface area contributed by atoms with Gasteiger partial charge in [0, 0.05) is 0 Å². The maximum absolute atomic E-state index is 5.25. The zero-order chi connectivity index (χ0) is 8.23. The first-order chi connectivity index (χ1) is 5.95. The van der Waals surface area contributed by atoms with E-state index in [4.69, 9.17) is 14.2 Å². The normalized spacial score (nSPS) is 18.0. The van der Waals surface area contributed by atoms with Crippen molar-refractivity contribution in [3.8, 4) is 5.75 Å². The van der Waals surface area contributed by atoms with Crippen molar-refractivity contribution in [3.63, 3.8) is 0 Å². The van der Waals surface area contributed by atoms with Gasteiger partial charge in [0.1, 0.15) is 5.75 Å². The summed E-state index contributed by atoms with van der Waals surface area (Å²) < 4.78 is 15.3. The first-order valence-electron chi connectivity index (χ1n) is 3.80. The number of benzene rings is 1. The van der Waals surface area contributed by atoms with Gasteiger partial charge in [0.2, 0.25) is 0 Å². The molecule has 0 N–H and O–H groups in total. The maximum atomic E-state index is 5.25. The third-order valence-electron chi connectivity index (χ3n) is 1.47. The zero-order valence-electron chi connectivity index (χ0n) is 6.53. The van der Waals surface area contributed by atoms with Crippen LogP contribution in [0.5, 0.6) is 5.75 Å². The molecule has 3 nitrogen and oxygen atoms in total. The van der Waals surface area contributed by atoms with Gasteiger partial charge in [0.15, 0.2) is 0 Å². The molecule has 0 aromatic heterocycles. The molecule has 0 atom stereocenters. The summed E-state index contributed by atoms with van der Waals surface area (Å²) in [5, 5.41) is 0. The highest BCUT2D eigenvalue weighted by Crippen LogP contribution is 2.18. The van der Waals surface area contributed by atoms with Crippen molar-refractivity contribution in [1.82, 2.24) is 0 Å². The number of rotatable bonds is 2. The molecule has 0 unspecified atom stereocenters. The summed E-state index contributed by atoms with van der Waals surface area (Å²) in [6.07, 6.45) is 0. The molecular formula is C9H9O3. The highest BCUT2D eigenvalue weighted by atomic mass is 16.9. The second-order valence-electron chi connectivity index (χ2n) is 2.36. The van der Waals surface area contributed by atoms with Gasteiger partial charge in [-0.1, -0.05) is 18.2 Å². The molecular weight excluding hydrogens is 156 g/mol. The third kappa shape index (κ3) is 1.75. The predicted molar refractivity (Wildman–Crippen MR) is 42.2 cm³/mol. The SMILES string of the molecule is c1ccc(O[C]2OCCO2)cc1. The molecule has 1 saturated heterocycles. The van der Waals surface area contributed by atoms with Crippen molar-refractivity contribution in [2.24, 2.45) is 0 Å². The van der Waals surface area contributed by atoms with Crippen molar-refractivity contribution in [1.29, 1.82) is 0 Å². The van der Waals surface area contributed by atoms with Gasteiger partial charge in [-0.25, -0.2) is 0 Å². The largest absolute Gasteiger partial charge is 0.432 e. The quantitative estimate of drug-likeness (QED) is 0.665. The highest BCUT2D eigenvalue weighted by molar-refractivity contribution is 5.21. The first kappa shape index (κ1) is 7.58. The Morgan fingerprint density at radius 1 is 1.00 bits per heavy atom. The van der Waals surface area contributed by atoms with Gasteiger partial charge in [-0.05, 0) is 12.1 Å². The number of hydrogen-bond donors (Lipinski definition) is 0. The monoisotopic (exact) mass is 165 g/mol. The maximum Gasteiger partial charge on any atom is 0.428 e. The summed E-state index contributed by atoms with van der Waals surface area (Å²) in [7, 11) is 0. The van der Waals surface area contributed by atoms with Crippen LogP contribution in [0.3, 0.4) is 0 Å². The van der Waals surface area contributed by atoms with Crippen LogP contribution in [0.15, 0.2) is 30.3 Å². The third-order valence-corrected chi connectivity index (χ3v) is 1.47. The Balaban J connectivity index is 1.94. The van der Waals surface area contributed by atoms with Crippen LogP contribution in [0, 0.1) is 6.48 Å². The fourth-order valence-electron chi connectivity index (χ4n) is 0.935. The highest BCUT2D eigenvalue weighted by Gasteiger charge is 2.20. The molecule has 0 spiro atoms. The van der Waals surface area contributed by atoms with Crippen LogP contribution in [0.4, 0.5) is 0 Å². The van der Waals surface area contributed by atoms with Gasteiger partial charge in [-0.2, -0.15) is 0 Å². The Morgan fingerprint density at radius 3 is 2.33 bits per heavy atom. The molecule has 1 aromatic rings. The average molecular weight is 165 g/mol. The Bertz CT molecular complexity index is 229. The molecule has 1 heterocycles. The van der Waals surface area contributed by atoms with Crippen LogP contribution in [0.1, 0.15) is 0 Å². The standard InChI is InChI=1S/C9H9O3/c1-2-4-8(5-3-1)12-9-10-6-7-11-9/h1-5H,6-7H2. The Morgan fingerprint density at radius 2 is 1.67 bits per heavy atom. The van der Waals surface area contributed by atoms with Gasteiger partial charge in [-0.3, -0.25) is 0 Å². The van der Waals surface area contributed by atoms with E-state index in [1.807, 2.05) is 30.3 Å². The number of para-hydroxylation sites is 1. The minimum Gasteiger partial charge on any atom is -0.432 e. The fourth-order valence-corrected chi connectivity index (χ4v) is 0.935. The molecule has 0 bridgehead atoms. The second kappa shape index (κ2) is 3.56. The van der Waals surface area contributed by atoms with E-state index in [1.54, 1.807) is 0 Å². The molecule has 1 radical (unpaired) electrons. The van der Waals surface area contributed by atoms with E-state index >= 15 is 0 Å². The summed E-state index contributed by atoms with van der Waals surface area (Å²) in [6.45, 7) is 1.39. The summed E-state index contributed by atoms with van der Waals surface area (Å²) in [5.41, 5.74) is 0. The van der Waals surface area contributed by atoms with E-state index in [0.29, 0.717) is 13.2 Å². The lowest BCUT2D eigenvalue weighted by Gasteiger charge is -2.07. The van der Waals surface area contributed by atoms with Crippen LogP contribution in [0.25, 0.3) is 0 Å². The lowest BCUT2D eigenvalue weighted by atomic mass is 10.3. The van der Waals surface area contributed by atoms with Gasteiger partial charge in [0.25, 0.3) is 0 Å². The lowest BCUT2D eigenvalue weighted by Crippen LogP contribution is -2.05. The zero-order valence-corrected chi connectivity index (χ0v) is 6.53.